The lowest BCUT2D eigenvalue weighted by molar-refractivity contribution is -0.146. The second-order valence-corrected chi connectivity index (χ2v) is 6.10. The summed E-state index contributed by atoms with van der Waals surface area (Å²) in [5.41, 5.74) is 0. The molecule has 0 aromatic heterocycles. The minimum Gasteiger partial charge on any atom is -0.463 e. The van der Waals surface area contributed by atoms with Gasteiger partial charge in [-0.05, 0) is 13.8 Å². The van der Waals surface area contributed by atoms with E-state index in [1.165, 1.54) is 0 Å². The minimum atomic E-state index is -0.368. The molecule has 7 nitrogen and oxygen atoms in total. The molecule has 25 heavy (non-hydrogen) atoms. The van der Waals surface area contributed by atoms with Gasteiger partial charge in [0.1, 0.15) is 12.4 Å². The monoisotopic (exact) mass is 362 g/mol. The SMILES string of the molecule is CC(C)OCCOCCOCCOCCOC(=O)CCC(=O)C(C)C. The third kappa shape index (κ3) is 17.6. The van der Waals surface area contributed by atoms with E-state index < -0.39 is 0 Å². The first-order valence-corrected chi connectivity index (χ1v) is 8.96. The first-order chi connectivity index (χ1) is 11.9. The predicted octanol–water partition coefficient (Wildman–Crippen LogP) is 2.01. The Bertz CT molecular complexity index is 342. The molecule has 0 atom stereocenters. The van der Waals surface area contributed by atoms with Gasteiger partial charge in [-0.2, -0.15) is 0 Å². The van der Waals surface area contributed by atoms with E-state index in [2.05, 4.69) is 0 Å². The second-order valence-electron chi connectivity index (χ2n) is 6.10. The van der Waals surface area contributed by atoms with Gasteiger partial charge in [0.05, 0.1) is 58.8 Å². The van der Waals surface area contributed by atoms with E-state index in [0.29, 0.717) is 46.2 Å². The van der Waals surface area contributed by atoms with Crippen LogP contribution in [0, 0.1) is 5.92 Å². The van der Waals surface area contributed by atoms with Crippen LogP contribution < -0.4 is 0 Å². The number of rotatable bonds is 17. The first kappa shape index (κ1) is 24.0. The van der Waals surface area contributed by atoms with Gasteiger partial charge in [0.2, 0.25) is 0 Å². The fourth-order valence-corrected chi connectivity index (χ4v) is 1.69. The third-order valence-corrected chi connectivity index (χ3v) is 3.13. The summed E-state index contributed by atoms with van der Waals surface area (Å²) in [6, 6.07) is 0. The largest absolute Gasteiger partial charge is 0.463 e. The van der Waals surface area contributed by atoms with Crippen LogP contribution in [0.3, 0.4) is 0 Å². The van der Waals surface area contributed by atoms with Gasteiger partial charge in [0, 0.05) is 12.3 Å². The van der Waals surface area contributed by atoms with Crippen molar-refractivity contribution in [3.8, 4) is 0 Å². The summed E-state index contributed by atoms with van der Waals surface area (Å²) in [5, 5.41) is 0. The Kier molecular flexibility index (Phi) is 15.8. The quantitative estimate of drug-likeness (QED) is 0.289. The molecule has 0 saturated carbocycles. The standard InChI is InChI=1S/C18H34O7/c1-15(2)17(19)5-6-18(20)25-14-12-23-10-8-21-7-9-22-11-13-24-16(3)4/h15-16H,5-14H2,1-4H3. The molecule has 0 aliphatic heterocycles. The highest BCUT2D eigenvalue weighted by atomic mass is 16.6. The maximum Gasteiger partial charge on any atom is 0.306 e. The highest BCUT2D eigenvalue weighted by Crippen LogP contribution is 2.02. The third-order valence-electron chi connectivity index (χ3n) is 3.13. The van der Waals surface area contributed by atoms with Crippen molar-refractivity contribution in [3.63, 3.8) is 0 Å². The lowest BCUT2D eigenvalue weighted by Crippen LogP contribution is -2.16. The normalized spacial score (nSPS) is 11.3. The van der Waals surface area contributed by atoms with Crippen molar-refractivity contribution < 1.29 is 33.3 Å². The van der Waals surface area contributed by atoms with Crippen molar-refractivity contribution in [1.29, 1.82) is 0 Å². The Balaban J connectivity index is 3.23. The lowest BCUT2D eigenvalue weighted by atomic mass is 10.1. The maximum absolute atomic E-state index is 11.4. The molecule has 7 heteroatoms. The smallest absolute Gasteiger partial charge is 0.306 e. The number of hydrogen-bond donors (Lipinski definition) is 0. The van der Waals surface area contributed by atoms with Gasteiger partial charge >= 0.3 is 5.97 Å². The summed E-state index contributed by atoms with van der Waals surface area (Å²) < 4.78 is 26.3. The van der Waals surface area contributed by atoms with Crippen LogP contribution in [0.5, 0.6) is 0 Å². The molecular weight excluding hydrogens is 328 g/mol. The Morgan fingerprint density at radius 2 is 1.16 bits per heavy atom. The molecule has 0 aromatic carbocycles. The van der Waals surface area contributed by atoms with Gasteiger partial charge in [-0.3, -0.25) is 9.59 Å². The van der Waals surface area contributed by atoms with Crippen LogP contribution >= 0.6 is 0 Å². The van der Waals surface area contributed by atoms with E-state index in [0.717, 1.165) is 0 Å². The minimum absolute atomic E-state index is 0.0464. The molecule has 0 unspecified atom stereocenters. The van der Waals surface area contributed by atoms with Gasteiger partial charge in [0.25, 0.3) is 0 Å². The van der Waals surface area contributed by atoms with Crippen LogP contribution in [-0.4, -0.2) is 70.7 Å². The molecule has 0 aromatic rings. The van der Waals surface area contributed by atoms with Gasteiger partial charge in [-0.25, -0.2) is 0 Å². The Morgan fingerprint density at radius 1 is 0.680 bits per heavy atom. The number of esters is 1. The highest BCUT2D eigenvalue weighted by Gasteiger charge is 2.10. The molecule has 148 valence electrons. The topological polar surface area (TPSA) is 80.3 Å². The van der Waals surface area contributed by atoms with Crippen molar-refractivity contribution >= 4 is 11.8 Å². The number of carbonyl (C=O) groups is 2. The van der Waals surface area contributed by atoms with Crippen LogP contribution in [0.25, 0.3) is 0 Å². The number of ether oxygens (including phenoxy) is 5. The van der Waals surface area contributed by atoms with Crippen molar-refractivity contribution in [2.45, 2.75) is 46.6 Å². The average Bonchev–Trinajstić information content (AvgIpc) is 2.56. The van der Waals surface area contributed by atoms with Crippen LogP contribution in [0.4, 0.5) is 0 Å². The molecule has 0 bridgehead atoms. The first-order valence-electron chi connectivity index (χ1n) is 8.96. The zero-order valence-electron chi connectivity index (χ0n) is 16.1. The number of carbonyl (C=O) groups excluding carboxylic acids is 2. The molecular formula is C18H34O7. The summed E-state index contributed by atoms with van der Waals surface area (Å²) in [7, 11) is 0. The zero-order valence-corrected chi connectivity index (χ0v) is 16.1. The zero-order chi connectivity index (χ0) is 18.9. The molecule has 0 N–H and O–H groups in total. The van der Waals surface area contributed by atoms with E-state index in [1.54, 1.807) is 0 Å². The Morgan fingerprint density at radius 3 is 1.64 bits per heavy atom. The van der Waals surface area contributed by atoms with Crippen molar-refractivity contribution in [2.24, 2.45) is 5.92 Å². The van der Waals surface area contributed by atoms with E-state index in [-0.39, 0.29) is 43.2 Å². The maximum atomic E-state index is 11.4. The van der Waals surface area contributed by atoms with Gasteiger partial charge < -0.3 is 23.7 Å². The molecule has 0 heterocycles. The van der Waals surface area contributed by atoms with Crippen molar-refractivity contribution in [3.05, 3.63) is 0 Å². The summed E-state index contributed by atoms with van der Waals surface area (Å²) in [6.07, 6.45) is 0.581. The van der Waals surface area contributed by atoms with E-state index in [9.17, 15) is 9.59 Å². The second kappa shape index (κ2) is 16.4. The lowest BCUT2D eigenvalue weighted by Gasteiger charge is -2.09. The van der Waals surface area contributed by atoms with Crippen molar-refractivity contribution in [1.82, 2.24) is 0 Å². The molecule has 0 rings (SSSR count). The molecule has 0 amide bonds. The van der Waals surface area contributed by atoms with Gasteiger partial charge in [-0.1, -0.05) is 13.8 Å². The van der Waals surface area contributed by atoms with Gasteiger partial charge in [0.15, 0.2) is 0 Å². The molecule has 0 spiro atoms. The van der Waals surface area contributed by atoms with Crippen LogP contribution in [0.2, 0.25) is 0 Å². The number of Topliss-reactive ketones (excluding diaryl/α,β-unsaturated/α-hetero) is 1. The Hall–Kier alpha value is -1.02. The Labute approximate surface area is 151 Å². The molecule has 0 radical (unpaired) electrons. The summed E-state index contributed by atoms with van der Waals surface area (Å²) in [4.78, 5) is 22.8. The molecule has 0 aliphatic rings. The predicted molar refractivity (Wildman–Crippen MR) is 93.6 cm³/mol. The summed E-state index contributed by atoms with van der Waals surface area (Å²) in [5.74, 6) is -0.343. The number of hydrogen-bond acceptors (Lipinski definition) is 7. The molecule has 0 saturated heterocycles. The summed E-state index contributed by atoms with van der Waals surface area (Å²) >= 11 is 0. The van der Waals surface area contributed by atoms with E-state index >= 15 is 0 Å². The molecule has 0 fully saturated rings. The van der Waals surface area contributed by atoms with Crippen LogP contribution in [0.1, 0.15) is 40.5 Å². The van der Waals surface area contributed by atoms with E-state index in [1.807, 2.05) is 27.7 Å². The van der Waals surface area contributed by atoms with Crippen LogP contribution in [-0.2, 0) is 33.3 Å². The van der Waals surface area contributed by atoms with Gasteiger partial charge in [-0.15, -0.1) is 0 Å². The molecule has 0 aliphatic carbocycles. The number of ketones is 1. The highest BCUT2D eigenvalue weighted by molar-refractivity contribution is 5.84. The fourth-order valence-electron chi connectivity index (χ4n) is 1.69. The van der Waals surface area contributed by atoms with E-state index in [4.69, 9.17) is 23.7 Å². The fraction of sp³-hybridized carbons (Fsp3) is 0.889. The van der Waals surface area contributed by atoms with Crippen molar-refractivity contribution in [2.75, 3.05) is 52.9 Å². The average molecular weight is 362 g/mol. The van der Waals surface area contributed by atoms with Crippen LogP contribution in [0.15, 0.2) is 0 Å². The summed E-state index contributed by atoms with van der Waals surface area (Å²) in [6.45, 7) is 11.2.